The van der Waals surface area contributed by atoms with Crippen molar-refractivity contribution < 1.29 is 18.8 Å². The molecule has 6 nitrogen and oxygen atoms in total. The molecule has 2 unspecified atom stereocenters. The minimum atomic E-state index is -0.272. The molecule has 4 aliphatic rings. The summed E-state index contributed by atoms with van der Waals surface area (Å²) in [6.45, 7) is 2.32. The molecule has 2 heterocycles. The molecule has 3 fully saturated rings. The van der Waals surface area contributed by atoms with Crippen molar-refractivity contribution in [3.05, 3.63) is 74.5 Å². The van der Waals surface area contributed by atoms with Gasteiger partial charge in [-0.1, -0.05) is 40.5 Å². The van der Waals surface area contributed by atoms with Gasteiger partial charge in [-0.05, 0) is 85.8 Å². The van der Waals surface area contributed by atoms with Gasteiger partial charge in [-0.3, -0.25) is 4.90 Å². The molecule has 8 heteroatoms. The number of halogens is 2. The fourth-order valence-electron chi connectivity index (χ4n) is 7.30. The van der Waals surface area contributed by atoms with Crippen molar-refractivity contribution in [3.8, 4) is 11.3 Å². The summed E-state index contributed by atoms with van der Waals surface area (Å²) in [5.41, 5.74) is 5.65. The van der Waals surface area contributed by atoms with Crippen molar-refractivity contribution in [1.82, 2.24) is 10.1 Å². The van der Waals surface area contributed by atoms with Gasteiger partial charge in [0.15, 0.2) is 0 Å². The van der Waals surface area contributed by atoms with Gasteiger partial charge in [-0.2, -0.15) is 0 Å². The number of aromatic nitrogens is 1. The van der Waals surface area contributed by atoms with Crippen LogP contribution < -0.4 is 0 Å². The van der Waals surface area contributed by atoms with E-state index in [0.29, 0.717) is 51.7 Å². The lowest BCUT2D eigenvalue weighted by molar-refractivity contribution is -0.0334. The third-order valence-corrected chi connectivity index (χ3v) is 9.86. The van der Waals surface area contributed by atoms with Gasteiger partial charge in [0, 0.05) is 36.2 Å². The minimum absolute atomic E-state index is 0.214. The number of methoxy groups -OCH3 is 1. The quantitative estimate of drug-likeness (QED) is 0.277. The number of esters is 1. The van der Waals surface area contributed by atoms with Crippen LogP contribution in [-0.2, 0) is 29.2 Å². The first kappa shape index (κ1) is 25.6. The number of hydrogen-bond acceptors (Lipinski definition) is 6. The van der Waals surface area contributed by atoms with E-state index in [-0.39, 0.29) is 12.1 Å². The highest BCUT2D eigenvalue weighted by Crippen LogP contribution is 2.49. The summed E-state index contributed by atoms with van der Waals surface area (Å²) in [6, 6.07) is 12.1. The zero-order chi connectivity index (χ0) is 26.7. The molecular weight excluding hydrogens is 535 g/mol. The van der Waals surface area contributed by atoms with Gasteiger partial charge < -0.3 is 14.0 Å². The minimum Gasteiger partial charge on any atom is -0.465 e. The Morgan fingerprint density at radius 1 is 1.03 bits per heavy atom. The lowest BCUT2D eigenvalue weighted by atomic mass is 9.81. The van der Waals surface area contributed by atoms with Crippen LogP contribution in [0, 0.1) is 11.8 Å². The fourth-order valence-corrected chi connectivity index (χ4v) is 7.88. The van der Waals surface area contributed by atoms with Crippen LogP contribution in [0.5, 0.6) is 0 Å². The fraction of sp³-hybridized carbons (Fsp3) is 0.484. The molecular formula is C31H32Cl2N2O4. The summed E-state index contributed by atoms with van der Waals surface area (Å²) >= 11 is 13.1. The summed E-state index contributed by atoms with van der Waals surface area (Å²) in [4.78, 5) is 14.6. The van der Waals surface area contributed by atoms with Gasteiger partial charge in [0.05, 0.1) is 35.4 Å². The van der Waals surface area contributed by atoms with Crippen LogP contribution in [0.3, 0.4) is 0 Å². The average Bonchev–Trinajstić information content (AvgIpc) is 3.46. The predicted octanol–water partition coefficient (Wildman–Crippen LogP) is 7.40. The number of carbonyl (C=O) groups excluding carboxylic acids is 1. The van der Waals surface area contributed by atoms with Gasteiger partial charge in [-0.25, -0.2) is 4.79 Å². The molecule has 3 aromatic rings. The van der Waals surface area contributed by atoms with Crippen LogP contribution >= 0.6 is 23.2 Å². The van der Waals surface area contributed by atoms with E-state index >= 15 is 0 Å². The maximum atomic E-state index is 12.0. The van der Waals surface area contributed by atoms with Gasteiger partial charge in [0.25, 0.3) is 0 Å². The van der Waals surface area contributed by atoms with Crippen LogP contribution in [0.4, 0.5) is 0 Å². The van der Waals surface area contributed by atoms with Crippen LogP contribution in [0.25, 0.3) is 11.3 Å². The van der Waals surface area contributed by atoms with E-state index < -0.39 is 0 Å². The van der Waals surface area contributed by atoms with Crippen molar-refractivity contribution in [2.45, 2.75) is 76.3 Å². The van der Waals surface area contributed by atoms with Crippen molar-refractivity contribution in [1.29, 1.82) is 0 Å². The highest BCUT2D eigenvalue weighted by atomic mass is 35.5. The molecule has 0 amide bonds. The second-order valence-electron chi connectivity index (χ2n) is 11.6. The van der Waals surface area contributed by atoms with Crippen molar-refractivity contribution in [2.75, 3.05) is 7.11 Å². The SMILES string of the molecule is COC(=O)c1ccc2c(c1)CN(C1[C@@H]3CC[C@H]1CC(OCc1c(-c4c(Cl)cccc4Cl)noc1C1CC1)C3)C2. The average molecular weight is 568 g/mol. The molecule has 0 radical (unpaired) electrons. The number of carbonyl (C=O) groups is 1. The van der Waals surface area contributed by atoms with Crippen molar-refractivity contribution in [2.24, 2.45) is 11.8 Å². The Hall–Kier alpha value is -2.38. The molecule has 0 N–H and O–H groups in total. The van der Waals surface area contributed by atoms with E-state index in [9.17, 15) is 4.79 Å². The largest absolute Gasteiger partial charge is 0.465 e. The first-order valence-corrected chi connectivity index (χ1v) is 14.7. The zero-order valence-corrected chi connectivity index (χ0v) is 23.5. The normalized spacial score (nSPS) is 26.1. The Bertz CT molecular complexity index is 1380. The first-order chi connectivity index (χ1) is 19.0. The highest BCUT2D eigenvalue weighted by molar-refractivity contribution is 6.39. The van der Waals surface area contributed by atoms with Gasteiger partial charge in [0.1, 0.15) is 11.5 Å². The standard InChI is InChI=1S/C31H32Cl2N2O4/c1-37-31(36)20-9-10-21-14-35(15-22(21)11-20)29-18-7-8-19(29)13-23(12-18)38-16-24-28(34-39-30(24)17-5-6-17)27-25(32)3-2-4-26(27)33/h2-4,9-11,17-19,23,29H,5-8,12-16H2,1H3/t18-,19+,23?,29?. The molecule has 7 rings (SSSR count). The molecule has 1 aromatic heterocycles. The second-order valence-corrected chi connectivity index (χ2v) is 12.4. The van der Waals surface area contributed by atoms with E-state index in [1.54, 1.807) is 0 Å². The third kappa shape index (κ3) is 4.69. The topological polar surface area (TPSA) is 64.8 Å². The van der Waals surface area contributed by atoms with Crippen molar-refractivity contribution in [3.63, 3.8) is 0 Å². The van der Waals surface area contributed by atoms with Gasteiger partial charge >= 0.3 is 5.97 Å². The number of rotatable bonds is 7. The van der Waals surface area contributed by atoms with E-state index in [0.717, 1.165) is 55.7 Å². The van der Waals surface area contributed by atoms with Crippen LogP contribution in [0.1, 0.15) is 77.3 Å². The van der Waals surface area contributed by atoms with Crippen LogP contribution in [0.2, 0.25) is 10.0 Å². The third-order valence-electron chi connectivity index (χ3n) is 9.23. The molecule has 3 aliphatic carbocycles. The lowest BCUT2D eigenvalue weighted by Gasteiger charge is -2.40. The molecule has 0 saturated heterocycles. The first-order valence-electron chi connectivity index (χ1n) is 14.0. The smallest absolute Gasteiger partial charge is 0.337 e. The Labute approximate surface area is 238 Å². The predicted molar refractivity (Wildman–Crippen MR) is 149 cm³/mol. The van der Waals surface area contributed by atoms with E-state index in [1.807, 2.05) is 30.3 Å². The van der Waals surface area contributed by atoms with E-state index in [2.05, 4.69) is 16.1 Å². The van der Waals surface area contributed by atoms with Crippen LogP contribution in [-0.4, -0.2) is 35.3 Å². The lowest BCUT2D eigenvalue weighted by Crippen LogP contribution is -2.44. The molecule has 0 spiro atoms. The molecule has 2 bridgehead atoms. The zero-order valence-electron chi connectivity index (χ0n) is 22.0. The number of benzene rings is 2. The maximum absolute atomic E-state index is 12.0. The molecule has 3 saturated carbocycles. The summed E-state index contributed by atoms with van der Waals surface area (Å²) < 4.78 is 17.4. The summed E-state index contributed by atoms with van der Waals surface area (Å²) in [5.74, 6) is 2.30. The Balaban J connectivity index is 1.05. The second kappa shape index (κ2) is 10.2. The van der Waals surface area contributed by atoms with Crippen molar-refractivity contribution >= 4 is 29.2 Å². The number of nitrogens with zero attached hydrogens (tertiary/aromatic N) is 2. The van der Waals surface area contributed by atoms with E-state index in [1.165, 1.54) is 31.1 Å². The maximum Gasteiger partial charge on any atom is 0.337 e. The Morgan fingerprint density at radius 2 is 1.74 bits per heavy atom. The van der Waals surface area contributed by atoms with Gasteiger partial charge in [-0.15, -0.1) is 0 Å². The molecule has 39 heavy (non-hydrogen) atoms. The Kier molecular flexibility index (Phi) is 6.71. The number of fused-ring (bicyclic) bond motifs is 3. The summed E-state index contributed by atoms with van der Waals surface area (Å²) in [5, 5.41) is 5.57. The van der Waals surface area contributed by atoms with Gasteiger partial charge in [0.2, 0.25) is 0 Å². The highest BCUT2D eigenvalue weighted by Gasteiger charge is 2.47. The summed E-state index contributed by atoms with van der Waals surface area (Å²) in [7, 11) is 1.43. The Morgan fingerprint density at radius 3 is 2.44 bits per heavy atom. The number of ether oxygens (including phenoxy) is 2. The molecule has 1 aliphatic heterocycles. The molecule has 2 aromatic carbocycles. The van der Waals surface area contributed by atoms with Crippen LogP contribution in [0.15, 0.2) is 40.9 Å². The number of hydrogen-bond donors (Lipinski definition) is 0. The monoisotopic (exact) mass is 566 g/mol. The summed E-state index contributed by atoms with van der Waals surface area (Å²) in [6.07, 6.45) is 7.07. The van der Waals surface area contributed by atoms with E-state index in [4.69, 9.17) is 37.2 Å². The molecule has 4 atom stereocenters. The molecule has 204 valence electrons.